The van der Waals surface area contributed by atoms with E-state index in [4.69, 9.17) is 0 Å². The normalized spacial score (nSPS) is 10.7. The summed E-state index contributed by atoms with van der Waals surface area (Å²) in [4.78, 5) is 8.52. The Morgan fingerprint density at radius 3 is 2.73 bits per heavy atom. The Morgan fingerprint density at radius 1 is 1.00 bits per heavy atom. The van der Waals surface area contributed by atoms with Gasteiger partial charge in [0.2, 0.25) is 0 Å². The first-order valence-corrected chi connectivity index (χ1v) is 4.77. The van der Waals surface area contributed by atoms with Crippen LogP contribution in [0.4, 0.5) is 0 Å². The highest BCUT2D eigenvalue weighted by Crippen LogP contribution is 2.15. The van der Waals surface area contributed by atoms with Gasteiger partial charge in [0.1, 0.15) is 0 Å². The molecule has 0 radical (unpaired) electrons. The molecule has 3 nitrogen and oxygen atoms in total. The SMILES string of the molecule is c1ccc(-c2cn3ccnc3cn2)cc1. The van der Waals surface area contributed by atoms with Crippen LogP contribution in [-0.4, -0.2) is 14.4 Å². The summed E-state index contributed by atoms with van der Waals surface area (Å²) < 4.78 is 1.97. The Hall–Kier alpha value is -2.16. The van der Waals surface area contributed by atoms with Crippen molar-refractivity contribution in [3.8, 4) is 11.3 Å². The lowest BCUT2D eigenvalue weighted by atomic mass is 10.2. The molecule has 2 heterocycles. The molecule has 0 aliphatic carbocycles. The van der Waals surface area contributed by atoms with E-state index in [1.165, 1.54) is 0 Å². The average Bonchev–Trinajstić information content (AvgIpc) is 2.77. The molecule has 0 saturated heterocycles. The summed E-state index contributed by atoms with van der Waals surface area (Å²) in [5, 5.41) is 0. The van der Waals surface area contributed by atoms with E-state index in [9.17, 15) is 0 Å². The minimum Gasteiger partial charge on any atom is -0.304 e. The van der Waals surface area contributed by atoms with Gasteiger partial charge in [-0.3, -0.25) is 4.98 Å². The third-order valence-corrected chi connectivity index (χ3v) is 2.35. The van der Waals surface area contributed by atoms with Gasteiger partial charge < -0.3 is 4.40 Å². The fraction of sp³-hybridized carbons (Fsp3) is 0. The maximum absolute atomic E-state index is 4.37. The summed E-state index contributed by atoms with van der Waals surface area (Å²) in [6.07, 6.45) is 7.45. The molecule has 0 aliphatic rings. The summed E-state index contributed by atoms with van der Waals surface area (Å²) in [6, 6.07) is 10.1. The highest BCUT2D eigenvalue weighted by atomic mass is 15.0. The van der Waals surface area contributed by atoms with Gasteiger partial charge in [-0.1, -0.05) is 30.3 Å². The van der Waals surface area contributed by atoms with Gasteiger partial charge in [-0.05, 0) is 0 Å². The Morgan fingerprint density at radius 2 is 1.87 bits per heavy atom. The first-order chi connectivity index (χ1) is 7.43. The molecule has 3 rings (SSSR count). The van der Waals surface area contributed by atoms with Crippen LogP contribution < -0.4 is 0 Å². The summed E-state index contributed by atoms with van der Waals surface area (Å²) >= 11 is 0. The minimum atomic E-state index is 0.870. The van der Waals surface area contributed by atoms with Gasteiger partial charge in [0.05, 0.1) is 11.9 Å². The average molecular weight is 195 g/mol. The van der Waals surface area contributed by atoms with E-state index in [0.717, 1.165) is 16.9 Å². The van der Waals surface area contributed by atoms with Gasteiger partial charge in [0.15, 0.2) is 5.65 Å². The molecule has 2 aromatic heterocycles. The van der Waals surface area contributed by atoms with Crippen LogP contribution in [0, 0.1) is 0 Å². The van der Waals surface area contributed by atoms with Gasteiger partial charge in [-0.25, -0.2) is 4.98 Å². The fourth-order valence-corrected chi connectivity index (χ4v) is 1.58. The van der Waals surface area contributed by atoms with Gasteiger partial charge in [0.25, 0.3) is 0 Å². The topological polar surface area (TPSA) is 30.2 Å². The lowest BCUT2D eigenvalue weighted by Gasteiger charge is -2.00. The Balaban J connectivity index is 2.19. The summed E-state index contributed by atoms with van der Waals surface area (Å²) in [5.41, 5.74) is 2.95. The number of fused-ring (bicyclic) bond motifs is 1. The Bertz CT molecular complexity index is 584. The second-order valence-electron chi connectivity index (χ2n) is 3.33. The molecule has 0 saturated carbocycles. The smallest absolute Gasteiger partial charge is 0.155 e. The lowest BCUT2D eigenvalue weighted by Crippen LogP contribution is -1.89. The van der Waals surface area contributed by atoms with Crippen molar-refractivity contribution in [2.75, 3.05) is 0 Å². The van der Waals surface area contributed by atoms with Crippen LogP contribution in [0.1, 0.15) is 0 Å². The standard InChI is InChI=1S/C12H9N3/c1-2-4-10(5-3-1)11-9-15-7-6-13-12(15)8-14-11/h1-9H. The number of rotatable bonds is 1. The van der Waals surface area contributed by atoms with Gasteiger partial charge in [-0.2, -0.15) is 0 Å². The number of hydrogen-bond donors (Lipinski definition) is 0. The number of nitrogens with zero attached hydrogens (tertiary/aromatic N) is 3. The zero-order valence-electron chi connectivity index (χ0n) is 8.04. The molecule has 0 N–H and O–H groups in total. The highest BCUT2D eigenvalue weighted by molar-refractivity contribution is 5.59. The third kappa shape index (κ3) is 1.38. The molecule has 0 fully saturated rings. The summed E-state index contributed by atoms with van der Waals surface area (Å²) in [6.45, 7) is 0. The van der Waals surface area contributed by atoms with Crippen LogP contribution >= 0.6 is 0 Å². The van der Waals surface area contributed by atoms with Gasteiger partial charge in [-0.15, -0.1) is 0 Å². The first-order valence-electron chi connectivity index (χ1n) is 4.77. The molecule has 0 aliphatic heterocycles. The second kappa shape index (κ2) is 3.20. The van der Waals surface area contributed by atoms with Crippen LogP contribution in [0.25, 0.3) is 16.9 Å². The molecule has 0 bridgehead atoms. The molecule has 0 atom stereocenters. The third-order valence-electron chi connectivity index (χ3n) is 2.35. The molecule has 3 heteroatoms. The largest absolute Gasteiger partial charge is 0.304 e. The van der Waals surface area contributed by atoms with Crippen molar-refractivity contribution in [1.29, 1.82) is 0 Å². The fourth-order valence-electron chi connectivity index (χ4n) is 1.58. The predicted molar refractivity (Wildman–Crippen MR) is 58.4 cm³/mol. The van der Waals surface area contributed by atoms with E-state index >= 15 is 0 Å². The number of imidazole rings is 1. The minimum absolute atomic E-state index is 0.870. The van der Waals surface area contributed by atoms with Crippen molar-refractivity contribution in [3.05, 3.63) is 55.1 Å². The van der Waals surface area contributed by atoms with E-state index in [1.54, 1.807) is 12.4 Å². The molecule has 0 spiro atoms. The zero-order chi connectivity index (χ0) is 10.1. The van der Waals surface area contributed by atoms with Crippen molar-refractivity contribution in [2.45, 2.75) is 0 Å². The zero-order valence-corrected chi connectivity index (χ0v) is 8.04. The van der Waals surface area contributed by atoms with Crippen molar-refractivity contribution in [2.24, 2.45) is 0 Å². The van der Waals surface area contributed by atoms with Crippen LogP contribution in [-0.2, 0) is 0 Å². The van der Waals surface area contributed by atoms with Gasteiger partial charge in [0, 0.05) is 24.2 Å². The molecular weight excluding hydrogens is 186 g/mol. The monoisotopic (exact) mass is 195 g/mol. The molecule has 3 aromatic rings. The first kappa shape index (κ1) is 8.17. The number of hydrogen-bond acceptors (Lipinski definition) is 2. The number of benzene rings is 1. The van der Waals surface area contributed by atoms with E-state index in [2.05, 4.69) is 9.97 Å². The van der Waals surface area contributed by atoms with Crippen molar-refractivity contribution >= 4 is 5.65 Å². The van der Waals surface area contributed by atoms with E-state index < -0.39 is 0 Å². The maximum atomic E-state index is 4.37. The Labute approximate surface area is 87.0 Å². The van der Waals surface area contributed by atoms with Crippen molar-refractivity contribution in [3.63, 3.8) is 0 Å². The molecule has 1 aromatic carbocycles. The lowest BCUT2D eigenvalue weighted by molar-refractivity contribution is 1.13. The maximum Gasteiger partial charge on any atom is 0.155 e. The van der Waals surface area contributed by atoms with Crippen molar-refractivity contribution < 1.29 is 0 Å². The van der Waals surface area contributed by atoms with Crippen LogP contribution in [0.2, 0.25) is 0 Å². The molecular formula is C12H9N3. The quantitative estimate of drug-likeness (QED) is 0.596. The summed E-state index contributed by atoms with van der Waals surface area (Å²) in [5.74, 6) is 0. The Kier molecular flexibility index (Phi) is 1.75. The highest BCUT2D eigenvalue weighted by Gasteiger charge is 1.99. The van der Waals surface area contributed by atoms with E-state index in [-0.39, 0.29) is 0 Å². The predicted octanol–water partition coefficient (Wildman–Crippen LogP) is 2.40. The number of aromatic nitrogens is 3. The van der Waals surface area contributed by atoms with Gasteiger partial charge >= 0.3 is 0 Å². The van der Waals surface area contributed by atoms with E-state index in [1.807, 2.05) is 47.1 Å². The van der Waals surface area contributed by atoms with Crippen LogP contribution in [0.5, 0.6) is 0 Å². The summed E-state index contributed by atoms with van der Waals surface area (Å²) in [7, 11) is 0. The van der Waals surface area contributed by atoms with E-state index in [0.29, 0.717) is 0 Å². The van der Waals surface area contributed by atoms with Crippen LogP contribution in [0.15, 0.2) is 55.1 Å². The molecule has 0 unspecified atom stereocenters. The molecule has 15 heavy (non-hydrogen) atoms. The molecule has 72 valence electrons. The molecule has 0 amide bonds. The van der Waals surface area contributed by atoms with Crippen molar-refractivity contribution in [1.82, 2.24) is 14.4 Å². The van der Waals surface area contributed by atoms with Crippen LogP contribution in [0.3, 0.4) is 0 Å². The second-order valence-corrected chi connectivity index (χ2v) is 3.33.